The van der Waals surface area contributed by atoms with E-state index in [0.717, 1.165) is 15.6 Å². The minimum Gasteiger partial charge on any atom is -0.379 e. The molecule has 0 saturated carbocycles. The van der Waals surface area contributed by atoms with Crippen LogP contribution in [0.15, 0.2) is 46.9 Å². The van der Waals surface area contributed by atoms with Gasteiger partial charge in [-0.3, -0.25) is 10.2 Å². The van der Waals surface area contributed by atoms with Crippen LogP contribution in [0.4, 0.5) is 0 Å². The maximum atomic E-state index is 12.4. The quantitative estimate of drug-likeness (QED) is 0.526. The van der Waals surface area contributed by atoms with Crippen molar-refractivity contribution in [3.05, 3.63) is 69.2 Å². The first-order valence-electron chi connectivity index (χ1n) is 7.02. The lowest BCUT2D eigenvalue weighted by atomic mass is 10.1. The van der Waals surface area contributed by atoms with Crippen LogP contribution in [0.3, 0.4) is 0 Å². The Morgan fingerprint density at radius 2 is 2.00 bits per heavy atom. The van der Waals surface area contributed by atoms with Crippen LogP contribution < -0.4 is 11.1 Å². The normalized spacial score (nSPS) is 10.0. The van der Waals surface area contributed by atoms with Crippen molar-refractivity contribution < 1.29 is 4.79 Å². The van der Waals surface area contributed by atoms with Gasteiger partial charge in [0.25, 0.3) is 5.91 Å². The van der Waals surface area contributed by atoms with Crippen LogP contribution in [0, 0.1) is 16.7 Å². The van der Waals surface area contributed by atoms with Gasteiger partial charge in [-0.1, -0.05) is 39.8 Å². The van der Waals surface area contributed by atoms with Gasteiger partial charge in [0.2, 0.25) is 0 Å². The van der Waals surface area contributed by atoms with E-state index < -0.39 is 0 Å². The van der Waals surface area contributed by atoms with Crippen LogP contribution in [0.5, 0.6) is 0 Å². The van der Waals surface area contributed by atoms with Crippen LogP contribution in [-0.4, -0.2) is 11.1 Å². The Morgan fingerprint density at radius 3 is 2.62 bits per heavy atom. The summed E-state index contributed by atoms with van der Waals surface area (Å²) in [6.07, 6.45) is 0. The van der Waals surface area contributed by atoms with Crippen LogP contribution in [0.2, 0.25) is 0 Å². The largest absolute Gasteiger partial charge is 0.379 e. The van der Waals surface area contributed by atoms with Crippen molar-refractivity contribution in [2.45, 2.75) is 12.3 Å². The molecule has 2 aromatic rings. The van der Waals surface area contributed by atoms with Crippen molar-refractivity contribution in [2.75, 3.05) is 0 Å². The third kappa shape index (κ3) is 5.11. The Bertz CT molecular complexity index is 799. The number of nitrogens with one attached hydrogen (secondary N) is 2. The lowest BCUT2D eigenvalue weighted by molar-refractivity contribution is 0.0950. The van der Waals surface area contributed by atoms with E-state index in [4.69, 9.17) is 16.4 Å². The number of nitrogens with two attached hydrogens (primary N) is 1. The van der Waals surface area contributed by atoms with Gasteiger partial charge in [0.1, 0.15) is 0 Å². The van der Waals surface area contributed by atoms with Crippen molar-refractivity contribution >= 4 is 38.8 Å². The molecule has 0 fully saturated rings. The van der Waals surface area contributed by atoms with Gasteiger partial charge in [0, 0.05) is 22.3 Å². The summed E-state index contributed by atoms with van der Waals surface area (Å²) in [7, 11) is 0. The fourth-order valence-corrected chi connectivity index (χ4v) is 2.99. The first kappa shape index (κ1) is 18.0. The minimum absolute atomic E-state index is 0.0129. The van der Waals surface area contributed by atoms with Gasteiger partial charge in [0.15, 0.2) is 5.17 Å². The molecule has 122 valence electrons. The van der Waals surface area contributed by atoms with Crippen LogP contribution in [0.25, 0.3) is 0 Å². The summed E-state index contributed by atoms with van der Waals surface area (Å²) in [6, 6.07) is 14.5. The Morgan fingerprint density at radius 1 is 1.29 bits per heavy atom. The zero-order valence-corrected chi connectivity index (χ0v) is 15.1. The van der Waals surface area contributed by atoms with Gasteiger partial charge in [-0.05, 0) is 41.5 Å². The summed E-state index contributed by atoms with van der Waals surface area (Å²) < 4.78 is 0.866. The summed E-state index contributed by atoms with van der Waals surface area (Å²) in [4.78, 5) is 12.4. The molecule has 0 heterocycles. The minimum atomic E-state index is -0.189. The molecule has 24 heavy (non-hydrogen) atoms. The number of hydrogen-bond donors (Lipinski definition) is 3. The Hall–Kier alpha value is -2.30. The van der Waals surface area contributed by atoms with Crippen LogP contribution in [0.1, 0.15) is 27.0 Å². The molecular formula is C17H15BrN4OS. The molecule has 1 amide bonds. The van der Waals surface area contributed by atoms with E-state index in [-0.39, 0.29) is 11.1 Å². The molecule has 7 heteroatoms. The summed E-state index contributed by atoms with van der Waals surface area (Å²) in [5.41, 5.74) is 8.24. The van der Waals surface area contributed by atoms with Crippen LogP contribution >= 0.6 is 27.7 Å². The predicted octanol–water partition coefficient (Wildman–Crippen LogP) is 3.38. The fraction of sp³-hybridized carbons (Fsp3) is 0.118. The van der Waals surface area contributed by atoms with E-state index in [1.165, 1.54) is 11.8 Å². The number of nitriles is 1. The van der Waals surface area contributed by atoms with Crippen molar-refractivity contribution in [2.24, 2.45) is 5.73 Å². The zero-order valence-electron chi connectivity index (χ0n) is 12.7. The second kappa shape index (κ2) is 8.52. The molecule has 0 unspecified atom stereocenters. The average Bonchev–Trinajstić information content (AvgIpc) is 2.58. The van der Waals surface area contributed by atoms with E-state index in [0.29, 0.717) is 23.4 Å². The number of thioether (sulfide) groups is 1. The summed E-state index contributed by atoms with van der Waals surface area (Å²) in [5.74, 6) is 0.264. The molecule has 0 aromatic heterocycles. The number of hydrogen-bond acceptors (Lipinski definition) is 4. The number of benzene rings is 2. The maximum absolute atomic E-state index is 12.4. The first-order chi connectivity index (χ1) is 11.5. The van der Waals surface area contributed by atoms with Gasteiger partial charge in [-0.15, -0.1) is 0 Å². The Kier molecular flexibility index (Phi) is 6.41. The third-order valence-electron chi connectivity index (χ3n) is 3.23. The van der Waals surface area contributed by atoms with E-state index in [1.54, 1.807) is 24.3 Å². The zero-order chi connectivity index (χ0) is 17.5. The van der Waals surface area contributed by atoms with Crippen molar-refractivity contribution in [1.82, 2.24) is 5.32 Å². The molecule has 4 N–H and O–H groups in total. The van der Waals surface area contributed by atoms with Crippen molar-refractivity contribution in [3.63, 3.8) is 0 Å². The molecule has 0 atom stereocenters. The highest BCUT2D eigenvalue weighted by Gasteiger charge is 2.12. The molecule has 0 spiro atoms. The highest BCUT2D eigenvalue weighted by molar-refractivity contribution is 9.10. The monoisotopic (exact) mass is 402 g/mol. The number of rotatable bonds is 5. The predicted molar refractivity (Wildman–Crippen MR) is 99.7 cm³/mol. The fourth-order valence-electron chi connectivity index (χ4n) is 2.03. The molecule has 0 saturated heterocycles. The molecule has 0 bridgehead atoms. The average molecular weight is 403 g/mol. The van der Waals surface area contributed by atoms with Crippen LogP contribution in [-0.2, 0) is 12.3 Å². The van der Waals surface area contributed by atoms with Gasteiger partial charge < -0.3 is 11.1 Å². The number of amidine groups is 1. The molecule has 2 rings (SSSR count). The van der Waals surface area contributed by atoms with Gasteiger partial charge >= 0.3 is 0 Å². The van der Waals surface area contributed by atoms with E-state index in [1.807, 2.05) is 18.2 Å². The van der Waals surface area contributed by atoms with E-state index in [2.05, 4.69) is 27.3 Å². The maximum Gasteiger partial charge on any atom is 0.251 e. The summed E-state index contributed by atoms with van der Waals surface area (Å²) in [5, 5.41) is 19.0. The smallest absolute Gasteiger partial charge is 0.251 e. The molecule has 2 aromatic carbocycles. The lowest BCUT2D eigenvalue weighted by Crippen LogP contribution is -2.24. The molecule has 0 aliphatic heterocycles. The first-order valence-corrected chi connectivity index (χ1v) is 8.80. The van der Waals surface area contributed by atoms with Gasteiger partial charge in [0.05, 0.1) is 11.6 Å². The molecule has 0 radical (unpaired) electrons. The summed E-state index contributed by atoms with van der Waals surface area (Å²) >= 11 is 4.56. The summed E-state index contributed by atoms with van der Waals surface area (Å²) in [6.45, 7) is 0.375. The lowest BCUT2D eigenvalue weighted by Gasteiger charge is -2.11. The Labute approximate surface area is 152 Å². The Balaban J connectivity index is 2.08. The second-order valence-corrected chi connectivity index (χ2v) is 6.88. The number of carbonyl (C=O) groups excluding carboxylic acids is 1. The molecular weight excluding hydrogens is 388 g/mol. The number of halogens is 1. The van der Waals surface area contributed by atoms with E-state index >= 15 is 0 Å². The van der Waals surface area contributed by atoms with Crippen molar-refractivity contribution in [3.8, 4) is 6.07 Å². The highest BCUT2D eigenvalue weighted by Crippen LogP contribution is 2.21. The topological polar surface area (TPSA) is 103 Å². The number of nitrogens with zero attached hydrogens (tertiary/aromatic N) is 1. The number of carbonyl (C=O) groups is 1. The number of amides is 1. The van der Waals surface area contributed by atoms with Gasteiger partial charge in [-0.25, -0.2) is 0 Å². The van der Waals surface area contributed by atoms with E-state index in [9.17, 15) is 4.79 Å². The SMILES string of the molecule is N#Cc1ccc(CNC(=O)c2ccc(Br)cc2CSC(=N)N)cc1. The standard InChI is InChI=1S/C17H15BrN4OS/c18-14-5-6-15(13(7-14)10-24-17(20)21)16(23)22-9-12-3-1-11(8-19)2-4-12/h1-7H,9-10H2,(H3,20,21)(H,22,23). The molecule has 0 aliphatic rings. The highest BCUT2D eigenvalue weighted by atomic mass is 79.9. The molecule has 0 aliphatic carbocycles. The third-order valence-corrected chi connectivity index (χ3v) is 4.49. The van der Waals surface area contributed by atoms with Gasteiger partial charge in [-0.2, -0.15) is 5.26 Å². The second-order valence-electron chi connectivity index (χ2n) is 4.95. The van der Waals surface area contributed by atoms with Crippen molar-refractivity contribution in [1.29, 1.82) is 10.7 Å². The molecule has 5 nitrogen and oxygen atoms in total.